The second-order valence-electron chi connectivity index (χ2n) is 23.0. The topological polar surface area (TPSA) is 175 Å². The zero-order valence-electron chi connectivity index (χ0n) is 52.8. The number of rotatable bonds is 56. The van der Waals surface area contributed by atoms with Crippen LogP contribution >= 0.6 is 0 Å². The molecule has 1 aliphatic rings. The van der Waals surface area contributed by atoms with Crippen molar-refractivity contribution in [1.82, 2.24) is 5.32 Å². The van der Waals surface area contributed by atoms with Gasteiger partial charge in [-0.05, 0) is 77.0 Å². The zero-order valence-corrected chi connectivity index (χ0v) is 52.8. The second kappa shape index (κ2) is 58.7. The van der Waals surface area contributed by atoms with Gasteiger partial charge in [0.05, 0.1) is 25.4 Å². The third kappa shape index (κ3) is 46.2. The Kier molecular flexibility index (Phi) is 54.7. The fourth-order valence-electron chi connectivity index (χ4n) is 10.0. The van der Waals surface area contributed by atoms with Crippen LogP contribution in [-0.4, -0.2) is 99.6 Å². The highest BCUT2D eigenvalue weighted by molar-refractivity contribution is 5.80. The van der Waals surface area contributed by atoms with E-state index in [1.807, 2.05) is 66.8 Å². The van der Waals surface area contributed by atoms with Crippen LogP contribution < -0.4 is 5.32 Å². The lowest BCUT2D eigenvalue weighted by Gasteiger charge is -2.41. The molecule has 0 radical (unpaired) electrons. The molecule has 1 aliphatic heterocycles. The third-order valence-corrected chi connectivity index (χ3v) is 15.3. The lowest BCUT2D eigenvalue weighted by Crippen LogP contribution is -2.61. The van der Waals surface area contributed by atoms with Crippen molar-refractivity contribution in [3.05, 3.63) is 109 Å². The smallest absolute Gasteiger partial charge is 0.306 e. The first-order valence-electron chi connectivity index (χ1n) is 33.7. The molecule has 0 aromatic carbocycles. The number of nitrogens with one attached hydrogen (secondary N) is 1. The van der Waals surface area contributed by atoms with E-state index in [2.05, 4.69) is 62.5 Å². The molecule has 11 nitrogen and oxygen atoms in total. The summed E-state index contributed by atoms with van der Waals surface area (Å²) in [6.07, 6.45) is 69.9. The second-order valence-corrected chi connectivity index (χ2v) is 23.0. The Bertz CT molecular complexity index is 1770. The summed E-state index contributed by atoms with van der Waals surface area (Å²) >= 11 is 0. The summed E-state index contributed by atoms with van der Waals surface area (Å²) in [5.74, 6) is -1.24. The molecular formula is C72H123NO10. The van der Waals surface area contributed by atoms with E-state index in [4.69, 9.17) is 14.2 Å². The van der Waals surface area contributed by atoms with Crippen LogP contribution in [0.25, 0.3) is 0 Å². The Morgan fingerprint density at radius 3 is 1.42 bits per heavy atom. The standard InChI is InChI=1S/C72H123NO10/c1-4-7-10-13-16-19-22-24-26-28-29-30-31-32-33-34-35-36-38-39-41-44-47-50-53-56-59-65(76)71(80)73-63(64(75)58-55-52-49-46-43-21-18-15-12-9-6-3)62-81-72-70(69(79)68(78)66(61-74)82-72)83-67(77)60-57-54-51-48-45-42-40-37-27-25-23-20-17-14-11-8-5-2/h8,11,14,16-17,19-20,23-27,37,40,42,45,55,58,63-66,68-70,72,74-76,78-79H,4-7,9-10,12-13,15,18,21-22,28-36,38-39,41,43-44,46-54,56-57,59-62H2,1-3H3,(H,73,80)/b11-8-,17-14+,19-16-,23-20+,26-24-,27-25-,40-37+,45-42+,58-55+. The number of hydrogen-bond donors (Lipinski definition) is 6. The van der Waals surface area contributed by atoms with Gasteiger partial charge in [0, 0.05) is 6.42 Å². The molecule has 8 unspecified atom stereocenters. The highest BCUT2D eigenvalue weighted by Crippen LogP contribution is 2.26. The number of aliphatic hydroxyl groups excluding tert-OH is 5. The van der Waals surface area contributed by atoms with E-state index in [1.54, 1.807) is 6.08 Å². The van der Waals surface area contributed by atoms with Gasteiger partial charge in [-0.2, -0.15) is 0 Å². The van der Waals surface area contributed by atoms with Gasteiger partial charge in [-0.3, -0.25) is 9.59 Å². The van der Waals surface area contributed by atoms with Gasteiger partial charge in [-0.1, -0.05) is 297 Å². The number of hydrogen-bond acceptors (Lipinski definition) is 10. The minimum atomic E-state index is -1.64. The quantitative estimate of drug-likeness (QED) is 0.0149. The number of ether oxygens (including phenoxy) is 3. The van der Waals surface area contributed by atoms with Crippen LogP contribution in [0, 0.1) is 0 Å². The SMILES string of the molecule is CC\C=C/C=C/C=C/C=C\C=C\C=C\CCCCCC(=O)OC1C(OCC(NC(=O)C(O)CCCCCCCCCCCCCCCCCC/C=C\C/C=C\CCCCC)C(O)/C=C/CCCCCCCCCCC)OC(CO)C(O)C1O. The molecule has 0 aromatic heterocycles. The average molecular weight is 1160 g/mol. The first-order valence-corrected chi connectivity index (χ1v) is 33.7. The van der Waals surface area contributed by atoms with Crippen molar-refractivity contribution in [3.8, 4) is 0 Å². The molecule has 0 bridgehead atoms. The Balaban J connectivity index is 2.59. The van der Waals surface area contributed by atoms with Crippen LogP contribution in [0.3, 0.4) is 0 Å². The number of allylic oxidation sites excluding steroid dienone is 17. The molecule has 0 aromatic rings. The average Bonchev–Trinajstić information content (AvgIpc) is 3.69. The van der Waals surface area contributed by atoms with Gasteiger partial charge in [0.1, 0.15) is 24.4 Å². The summed E-state index contributed by atoms with van der Waals surface area (Å²) in [5.41, 5.74) is 0. The van der Waals surface area contributed by atoms with Crippen molar-refractivity contribution in [2.75, 3.05) is 13.2 Å². The van der Waals surface area contributed by atoms with Crippen molar-refractivity contribution in [1.29, 1.82) is 0 Å². The van der Waals surface area contributed by atoms with Crippen LogP contribution in [0.15, 0.2) is 109 Å². The number of aliphatic hydroxyl groups is 5. The van der Waals surface area contributed by atoms with Crippen molar-refractivity contribution >= 4 is 11.9 Å². The molecule has 1 fully saturated rings. The molecule has 1 heterocycles. The summed E-state index contributed by atoms with van der Waals surface area (Å²) in [6.45, 7) is 5.60. The molecule has 1 saturated heterocycles. The van der Waals surface area contributed by atoms with Gasteiger partial charge in [0.15, 0.2) is 12.4 Å². The maximum absolute atomic E-state index is 13.5. The van der Waals surface area contributed by atoms with E-state index in [0.717, 1.165) is 77.0 Å². The van der Waals surface area contributed by atoms with Crippen LogP contribution in [0.5, 0.6) is 0 Å². The van der Waals surface area contributed by atoms with Crippen molar-refractivity contribution < 1.29 is 49.3 Å². The lowest BCUT2D eigenvalue weighted by atomic mass is 9.99. The minimum absolute atomic E-state index is 0.0677. The molecule has 0 saturated carbocycles. The monoisotopic (exact) mass is 1160 g/mol. The highest BCUT2D eigenvalue weighted by atomic mass is 16.7. The molecule has 1 amide bonds. The lowest BCUT2D eigenvalue weighted by molar-refractivity contribution is -0.305. The Hall–Kier alpha value is -3.68. The Morgan fingerprint density at radius 1 is 0.494 bits per heavy atom. The number of carbonyl (C=O) groups excluding carboxylic acids is 2. The van der Waals surface area contributed by atoms with Gasteiger partial charge in [-0.15, -0.1) is 0 Å². The van der Waals surface area contributed by atoms with Gasteiger partial charge in [0.25, 0.3) is 0 Å². The molecule has 11 heteroatoms. The molecular weight excluding hydrogens is 1040 g/mol. The molecule has 6 N–H and O–H groups in total. The minimum Gasteiger partial charge on any atom is -0.454 e. The maximum Gasteiger partial charge on any atom is 0.306 e. The molecule has 476 valence electrons. The van der Waals surface area contributed by atoms with E-state index in [1.165, 1.54) is 148 Å². The maximum atomic E-state index is 13.5. The van der Waals surface area contributed by atoms with E-state index in [-0.39, 0.29) is 19.4 Å². The predicted molar refractivity (Wildman–Crippen MR) is 347 cm³/mol. The molecule has 1 rings (SSSR count). The number of esters is 1. The third-order valence-electron chi connectivity index (χ3n) is 15.3. The summed E-state index contributed by atoms with van der Waals surface area (Å²) in [7, 11) is 0. The normalized spacial score (nSPS) is 19.3. The fourth-order valence-corrected chi connectivity index (χ4v) is 10.0. The summed E-state index contributed by atoms with van der Waals surface area (Å²) in [4.78, 5) is 26.6. The first-order chi connectivity index (χ1) is 40.7. The van der Waals surface area contributed by atoms with Crippen LogP contribution in [-0.2, 0) is 23.8 Å². The van der Waals surface area contributed by atoms with Crippen LogP contribution in [0.1, 0.15) is 271 Å². The number of amides is 1. The van der Waals surface area contributed by atoms with E-state index in [0.29, 0.717) is 12.8 Å². The van der Waals surface area contributed by atoms with Gasteiger partial charge < -0.3 is 45.1 Å². The molecule has 83 heavy (non-hydrogen) atoms. The largest absolute Gasteiger partial charge is 0.454 e. The molecule has 0 aliphatic carbocycles. The van der Waals surface area contributed by atoms with E-state index in [9.17, 15) is 35.1 Å². The zero-order chi connectivity index (χ0) is 60.3. The Morgan fingerprint density at radius 2 is 0.916 bits per heavy atom. The van der Waals surface area contributed by atoms with Crippen molar-refractivity contribution in [3.63, 3.8) is 0 Å². The van der Waals surface area contributed by atoms with Crippen molar-refractivity contribution in [2.45, 2.75) is 320 Å². The predicted octanol–water partition coefficient (Wildman–Crippen LogP) is 16.8. The molecule has 0 spiro atoms. The Labute approximate surface area is 507 Å². The summed E-state index contributed by atoms with van der Waals surface area (Å²) in [5, 5.41) is 57.1. The van der Waals surface area contributed by atoms with Gasteiger partial charge in [0.2, 0.25) is 5.91 Å². The van der Waals surface area contributed by atoms with Gasteiger partial charge >= 0.3 is 5.97 Å². The number of carbonyl (C=O) groups is 2. The van der Waals surface area contributed by atoms with Crippen LogP contribution in [0.2, 0.25) is 0 Å². The van der Waals surface area contributed by atoms with Gasteiger partial charge in [-0.25, -0.2) is 0 Å². The number of unbranched alkanes of at least 4 members (excludes halogenated alkanes) is 31. The summed E-state index contributed by atoms with van der Waals surface area (Å²) < 4.78 is 17.6. The summed E-state index contributed by atoms with van der Waals surface area (Å²) in [6, 6.07) is -1.04. The molecule has 8 atom stereocenters. The van der Waals surface area contributed by atoms with E-state index >= 15 is 0 Å². The first kappa shape index (κ1) is 77.3. The highest BCUT2D eigenvalue weighted by Gasteiger charge is 2.47. The van der Waals surface area contributed by atoms with Crippen molar-refractivity contribution in [2.24, 2.45) is 0 Å². The fraction of sp³-hybridized carbons (Fsp3) is 0.722. The van der Waals surface area contributed by atoms with E-state index < -0.39 is 67.4 Å². The van der Waals surface area contributed by atoms with Crippen LogP contribution in [0.4, 0.5) is 0 Å².